The summed E-state index contributed by atoms with van der Waals surface area (Å²) in [5.41, 5.74) is 4.87. The van der Waals surface area contributed by atoms with Gasteiger partial charge in [0, 0.05) is 73.9 Å². The number of piperidine rings is 1. The van der Waals surface area contributed by atoms with E-state index in [2.05, 4.69) is 36.5 Å². The van der Waals surface area contributed by atoms with Crippen molar-refractivity contribution in [2.24, 2.45) is 5.92 Å². The minimum absolute atomic E-state index is 0.0440. The second-order valence-electron chi connectivity index (χ2n) is 14.2. The average Bonchev–Trinajstić information content (AvgIpc) is 3.89. The number of amides is 6. The molecule has 2 fully saturated rings. The predicted molar refractivity (Wildman–Crippen MR) is 211 cm³/mol. The Morgan fingerprint density at radius 2 is 1.84 bits per heavy atom. The average molecular weight is 777 g/mol. The van der Waals surface area contributed by atoms with Crippen molar-refractivity contribution < 1.29 is 33.5 Å². The molecule has 3 aliphatic rings. The molecule has 2 atom stereocenters. The predicted octanol–water partition coefficient (Wildman–Crippen LogP) is 2.71. The first kappa shape index (κ1) is 38.8. The smallest absolute Gasteiger partial charge is 0.264 e. The maximum absolute atomic E-state index is 13.3. The summed E-state index contributed by atoms with van der Waals surface area (Å²) in [6, 6.07) is 14.5. The van der Waals surface area contributed by atoms with Crippen LogP contribution in [0.15, 0.2) is 54.6 Å². The monoisotopic (exact) mass is 776 g/mol. The van der Waals surface area contributed by atoms with Gasteiger partial charge in [-0.05, 0) is 73.8 Å². The van der Waals surface area contributed by atoms with Gasteiger partial charge >= 0.3 is 0 Å². The molecule has 2 unspecified atom stereocenters. The number of hydrogen-bond donors (Lipinski definition) is 7. The van der Waals surface area contributed by atoms with Gasteiger partial charge in [-0.3, -0.25) is 43.9 Å². The molecule has 7 N–H and O–H groups in total. The topological polar surface area (TPSA) is 231 Å². The van der Waals surface area contributed by atoms with E-state index in [0.717, 1.165) is 47.0 Å². The first-order chi connectivity index (χ1) is 27.6. The minimum atomic E-state index is -1.03. The molecule has 0 aliphatic carbocycles. The van der Waals surface area contributed by atoms with Gasteiger partial charge in [-0.1, -0.05) is 6.07 Å². The summed E-state index contributed by atoms with van der Waals surface area (Å²) in [5.74, 6) is -1.54. The zero-order valence-corrected chi connectivity index (χ0v) is 31.4. The van der Waals surface area contributed by atoms with Crippen LogP contribution in [0.1, 0.15) is 68.1 Å². The van der Waals surface area contributed by atoms with Crippen molar-refractivity contribution in [1.29, 1.82) is 5.41 Å². The molecule has 296 valence electrons. The molecular formula is C40H44N10O7. The number of rotatable bonds is 16. The zero-order chi connectivity index (χ0) is 40.1. The van der Waals surface area contributed by atoms with Crippen LogP contribution in [0.2, 0.25) is 0 Å². The van der Waals surface area contributed by atoms with Gasteiger partial charge in [0.05, 0.1) is 41.9 Å². The van der Waals surface area contributed by atoms with Crippen LogP contribution in [-0.4, -0.2) is 114 Å². The van der Waals surface area contributed by atoms with Crippen molar-refractivity contribution in [3.63, 3.8) is 0 Å². The fourth-order valence-corrected chi connectivity index (χ4v) is 7.52. The largest absolute Gasteiger partial charge is 0.388 e. The lowest BCUT2D eigenvalue weighted by Gasteiger charge is -2.27. The molecule has 3 aliphatic heterocycles. The molecule has 1 aromatic heterocycles. The van der Waals surface area contributed by atoms with Crippen molar-refractivity contribution in [2.75, 3.05) is 62.4 Å². The number of H-pyrrole nitrogens is 1. The van der Waals surface area contributed by atoms with E-state index in [9.17, 15) is 28.8 Å². The fourth-order valence-electron chi connectivity index (χ4n) is 7.52. The van der Waals surface area contributed by atoms with Gasteiger partial charge in [-0.2, -0.15) is 0 Å². The number of imide groups is 2. The van der Waals surface area contributed by atoms with Crippen LogP contribution in [0.3, 0.4) is 0 Å². The number of likely N-dealkylation sites (tertiary alicyclic amines) is 1. The molecule has 0 spiro atoms. The molecule has 6 amide bonds. The lowest BCUT2D eigenvalue weighted by molar-refractivity contribution is -0.136. The molecule has 3 aromatic carbocycles. The first-order valence-corrected chi connectivity index (χ1v) is 18.9. The maximum atomic E-state index is 13.3. The molecule has 0 radical (unpaired) electrons. The number of imidazole rings is 1. The van der Waals surface area contributed by atoms with Gasteiger partial charge in [0.15, 0.2) is 0 Å². The third kappa shape index (κ3) is 8.69. The summed E-state index contributed by atoms with van der Waals surface area (Å²) >= 11 is 0. The third-order valence-corrected chi connectivity index (χ3v) is 10.3. The normalized spacial score (nSPS) is 18.1. The Bertz CT molecular complexity index is 2250. The molecule has 4 aromatic rings. The van der Waals surface area contributed by atoms with Gasteiger partial charge in [0.1, 0.15) is 11.9 Å². The Kier molecular flexibility index (Phi) is 11.7. The first-order valence-electron chi connectivity index (χ1n) is 18.9. The SMILES string of the molecule is CNc1ccc(C(=O)Nc2ccc3[nH]c(CN4CCC(CC(=O)NCCOCCNc5cccc6c5C(=O)N(C5CCC(=O)NC5=O)C6=O)C4)nc3c2)cc1C=N. The van der Waals surface area contributed by atoms with Crippen LogP contribution >= 0.6 is 0 Å². The Labute approximate surface area is 327 Å². The van der Waals surface area contributed by atoms with Crippen LogP contribution in [0, 0.1) is 11.3 Å². The molecule has 2 saturated heterocycles. The van der Waals surface area contributed by atoms with E-state index in [1.54, 1.807) is 43.4 Å². The number of nitrogens with one attached hydrogen (secondary N) is 7. The van der Waals surface area contributed by atoms with E-state index in [0.29, 0.717) is 55.2 Å². The Balaban J connectivity index is 0.800. The standard InChI is InChI=1S/C40H44N10O7/c1-42-28-7-5-24(18-25(28)20-41)37(53)45-26-6-8-29-31(19-26)47-33(46-29)22-49-14-11-23(21-49)17-35(52)44-13-16-57-15-12-43-30-4-2-3-27-36(30)40(56)50(39(27)55)32-9-10-34(51)48-38(32)54/h2-8,18-20,23,32,41-43H,9-17,21-22H2,1H3,(H,44,52)(H,45,53)(H,46,47)(H,48,51,54). The van der Waals surface area contributed by atoms with Crippen molar-refractivity contribution >= 4 is 69.8 Å². The number of ether oxygens (including phenoxy) is 1. The van der Waals surface area contributed by atoms with Crippen LogP contribution in [0.5, 0.6) is 0 Å². The van der Waals surface area contributed by atoms with Crippen LogP contribution in [0.25, 0.3) is 11.0 Å². The number of fused-ring (bicyclic) bond motifs is 2. The number of carbonyl (C=O) groups is 6. The molecular weight excluding hydrogens is 733 g/mol. The zero-order valence-electron chi connectivity index (χ0n) is 31.4. The van der Waals surface area contributed by atoms with Gasteiger partial charge in [-0.25, -0.2) is 4.98 Å². The molecule has 0 saturated carbocycles. The highest BCUT2D eigenvalue weighted by molar-refractivity contribution is 6.25. The molecule has 0 bridgehead atoms. The molecule has 4 heterocycles. The number of aromatic amines is 1. The number of carbonyl (C=O) groups excluding carboxylic acids is 6. The van der Waals surface area contributed by atoms with E-state index >= 15 is 0 Å². The summed E-state index contributed by atoms with van der Waals surface area (Å²) in [5, 5.41) is 21.8. The van der Waals surface area contributed by atoms with Crippen molar-refractivity contribution in [2.45, 2.75) is 38.3 Å². The number of hydrogen-bond acceptors (Lipinski definition) is 12. The van der Waals surface area contributed by atoms with E-state index in [1.807, 2.05) is 18.2 Å². The highest BCUT2D eigenvalue weighted by atomic mass is 16.5. The summed E-state index contributed by atoms with van der Waals surface area (Å²) in [7, 11) is 1.76. The summed E-state index contributed by atoms with van der Waals surface area (Å²) in [6.07, 6.45) is 2.64. The molecule has 17 heteroatoms. The number of aromatic nitrogens is 2. The second-order valence-corrected chi connectivity index (χ2v) is 14.2. The van der Waals surface area contributed by atoms with Gasteiger partial charge in [0.2, 0.25) is 17.7 Å². The fraction of sp³-hybridized carbons (Fsp3) is 0.350. The second kappa shape index (κ2) is 17.1. The molecule has 57 heavy (non-hydrogen) atoms. The lowest BCUT2D eigenvalue weighted by atomic mass is 10.0. The molecule has 17 nitrogen and oxygen atoms in total. The Hall–Kier alpha value is -6.46. The van der Waals surface area contributed by atoms with Crippen LogP contribution in [-0.2, 0) is 25.7 Å². The maximum Gasteiger partial charge on any atom is 0.264 e. The number of anilines is 3. The highest BCUT2D eigenvalue weighted by Gasteiger charge is 2.45. The Morgan fingerprint density at radius 1 is 1.00 bits per heavy atom. The quantitative estimate of drug-likeness (QED) is 0.0497. The van der Waals surface area contributed by atoms with Crippen molar-refractivity contribution in [1.82, 2.24) is 30.4 Å². The number of nitrogens with zero attached hydrogens (tertiary/aromatic N) is 3. The highest BCUT2D eigenvalue weighted by Crippen LogP contribution is 2.32. The third-order valence-electron chi connectivity index (χ3n) is 10.3. The lowest BCUT2D eigenvalue weighted by Crippen LogP contribution is -2.54. The molecule has 7 rings (SSSR count). The van der Waals surface area contributed by atoms with E-state index < -0.39 is 29.7 Å². The number of benzene rings is 3. The van der Waals surface area contributed by atoms with Crippen molar-refractivity contribution in [3.8, 4) is 0 Å². The van der Waals surface area contributed by atoms with Gasteiger partial charge < -0.3 is 36.4 Å². The van der Waals surface area contributed by atoms with Crippen LogP contribution < -0.4 is 26.6 Å². The van der Waals surface area contributed by atoms with E-state index in [4.69, 9.17) is 15.1 Å². The minimum Gasteiger partial charge on any atom is -0.388 e. The van der Waals surface area contributed by atoms with E-state index in [1.165, 1.54) is 6.21 Å². The summed E-state index contributed by atoms with van der Waals surface area (Å²) < 4.78 is 5.68. The Morgan fingerprint density at radius 3 is 2.65 bits per heavy atom. The van der Waals surface area contributed by atoms with Crippen molar-refractivity contribution in [3.05, 3.63) is 82.7 Å². The van der Waals surface area contributed by atoms with Gasteiger partial charge in [-0.15, -0.1) is 0 Å². The summed E-state index contributed by atoms with van der Waals surface area (Å²) in [4.78, 5) is 87.1. The van der Waals surface area contributed by atoms with Crippen LogP contribution in [0.4, 0.5) is 17.1 Å². The summed E-state index contributed by atoms with van der Waals surface area (Å²) in [6.45, 7) is 3.48. The van der Waals surface area contributed by atoms with Gasteiger partial charge in [0.25, 0.3) is 17.7 Å². The van der Waals surface area contributed by atoms with E-state index in [-0.39, 0.29) is 48.3 Å².